The van der Waals surface area contributed by atoms with E-state index in [9.17, 15) is 9.59 Å². The van der Waals surface area contributed by atoms with Crippen LogP contribution >= 0.6 is 0 Å². The Morgan fingerprint density at radius 3 is 2.74 bits per heavy atom. The first kappa shape index (κ1) is 12.2. The number of imide groups is 1. The fourth-order valence-corrected chi connectivity index (χ4v) is 3.17. The highest BCUT2D eigenvalue weighted by Crippen LogP contribution is 2.38. The van der Waals surface area contributed by atoms with Crippen LogP contribution in [0.4, 0.5) is 0 Å². The molecule has 0 N–H and O–H groups in total. The second-order valence-corrected chi connectivity index (χ2v) is 5.33. The van der Waals surface area contributed by atoms with Crippen LogP contribution in [-0.2, 0) is 4.79 Å². The van der Waals surface area contributed by atoms with E-state index in [1.165, 1.54) is 4.90 Å². The first-order valence-corrected chi connectivity index (χ1v) is 6.79. The lowest BCUT2D eigenvalue weighted by Gasteiger charge is -2.26. The molecule has 0 aromatic heterocycles. The van der Waals surface area contributed by atoms with E-state index in [1.54, 1.807) is 12.1 Å². The van der Waals surface area contributed by atoms with Gasteiger partial charge in [0, 0.05) is 11.5 Å². The minimum Gasteiger partial charge on any atom is -0.274 e. The van der Waals surface area contributed by atoms with Gasteiger partial charge in [-0.3, -0.25) is 14.5 Å². The first-order chi connectivity index (χ1) is 9.20. The molecule has 19 heavy (non-hydrogen) atoms. The Bertz CT molecular complexity index is 535. The van der Waals surface area contributed by atoms with Gasteiger partial charge in [-0.1, -0.05) is 37.3 Å². The number of carbonyl (C=O) groups excluding carboxylic acids is 2. The van der Waals surface area contributed by atoms with Crippen molar-refractivity contribution in [1.82, 2.24) is 4.90 Å². The van der Waals surface area contributed by atoms with Crippen LogP contribution < -0.4 is 0 Å². The number of allylic oxidation sites excluding steroid dienone is 1. The molecule has 1 aromatic carbocycles. The van der Waals surface area contributed by atoms with Crippen LogP contribution in [0.25, 0.3) is 0 Å². The van der Waals surface area contributed by atoms with Crippen LogP contribution in [0.3, 0.4) is 0 Å². The molecule has 1 aliphatic heterocycles. The maximum Gasteiger partial charge on any atom is 0.261 e. The summed E-state index contributed by atoms with van der Waals surface area (Å²) in [4.78, 5) is 26.3. The van der Waals surface area contributed by atoms with Crippen molar-refractivity contribution in [2.75, 3.05) is 0 Å². The minimum atomic E-state index is -0.170. The van der Waals surface area contributed by atoms with Crippen molar-refractivity contribution in [3.05, 3.63) is 48.0 Å². The Labute approximate surface area is 112 Å². The first-order valence-electron chi connectivity index (χ1n) is 6.79. The van der Waals surface area contributed by atoms with Gasteiger partial charge in [0.05, 0.1) is 6.04 Å². The Morgan fingerprint density at radius 1 is 1.26 bits per heavy atom. The summed E-state index contributed by atoms with van der Waals surface area (Å²) < 4.78 is 0. The number of fused-ring (bicyclic) bond motifs is 1. The molecule has 0 radical (unpaired) electrons. The van der Waals surface area contributed by atoms with E-state index in [2.05, 4.69) is 6.08 Å². The normalized spacial score (nSPS) is 29.4. The summed E-state index contributed by atoms with van der Waals surface area (Å²) >= 11 is 0. The molecule has 98 valence electrons. The molecule has 2 aliphatic rings. The molecule has 3 atom stereocenters. The Kier molecular flexibility index (Phi) is 2.97. The average Bonchev–Trinajstić information content (AvgIpc) is 2.72. The van der Waals surface area contributed by atoms with Crippen molar-refractivity contribution in [3.63, 3.8) is 0 Å². The molecule has 0 saturated carbocycles. The van der Waals surface area contributed by atoms with E-state index in [0.717, 1.165) is 12.8 Å². The summed E-state index contributed by atoms with van der Waals surface area (Å²) in [5.41, 5.74) is 0.586. The minimum absolute atomic E-state index is 0.0320. The number of nitrogens with zero attached hydrogens (tertiary/aromatic N) is 1. The van der Waals surface area contributed by atoms with Gasteiger partial charge < -0.3 is 0 Å². The summed E-state index contributed by atoms with van der Waals surface area (Å²) in [6.07, 6.45) is 6.10. The third-order valence-electron chi connectivity index (χ3n) is 4.25. The maximum absolute atomic E-state index is 12.5. The molecule has 1 fully saturated rings. The van der Waals surface area contributed by atoms with E-state index in [-0.39, 0.29) is 29.7 Å². The van der Waals surface area contributed by atoms with Crippen molar-refractivity contribution in [3.8, 4) is 0 Å². The Hall–Kier alpha value is -1.90. The molecule has 3 rings (SSSR count). The fourth-order valence-electron chi connectivity index (χ4n) is 3.17. The zero-order chi connectivity index (χ0) is 13.4. The SMILES string of the molecule is C[C@@H]1C(=O)N(C(=O)c2ccccc2)[C@@H]2C=CCC[C@H]12. The molecule has 1 saturated heterocycles. The van der Waals surface area contributed by atoms with Crippen molar-refractivity contribution < 1.29 is 9.59 Å². The molecule has 1 aliphatic carbocycles. The van der Waals surface area contributed by atoms with E-state index in [0.29, 0.717) is 5.56 Å². The summed E-state index contributed by atoms with van der Waals surface area (Å²) in [5.74, 6) is 0.0275. The number of likely N-dealkylation sites (tertiary alicyclic amines) is 1. The van der Waals surface area contributed by atoms with Crippen LogP contribution in [0.2, 0.25) is 0 Å². The predicted molar refractivity (Wildman–Crippen MR) is 72.4 cm³/mol. The van der Waals surface area contributed by atoms with Crippen molar-refractivity contribution in [2.45, 2.75) is 25.8 Å². The van der Waals surface area contributed by atoms with Gasteiger partial charge in [0.25, 0.3) is 5.91 Å². The van der Waals surface area contributed by atoms with Gasteiger partial charge in [-0.15, -0.1) is 0 Å². The van der Waals surface area contributed by atoms with Crippen LogP contribution in [0.15, 0.2) is 42.5 Å². The summed E-state index contributed by atoms with van der Waals surface area (Å²) in [7, 11) is 0. The smallest absolute Gasteiger partial charge is 0.261 e. The second kappa shape index (κ2) is 4.65. The predicted octanol–water partition coefficient (Wildman–Crippen LogP) is 2.64. The number of amides is 2. The van der Waals surface area contributed by atoms with E-state index < -0.39 is 0 Å². The van der Waals surface area contributed by atoms with Crippen LogP contribution in [0, 0.1) is 11.8 Å². The largest absolute Gasteiger partial charge is 0.274 e. The molecule has 0 spiro atoms. The fraction of sp³-hybridized carbons (Fsp3) is 0.375. The van der Waals surface area contributed by atoms with Crippen LogP contribution in [-0.4, -0.2) is 22.8 Å². The molecule has 3 heteroatoms. The van der Waals surface area contributed by atoms with Gasteiger partial charge >= 0.3 is 0 Å². The molecular weight excluding hydrogens is 238 g/mol. The summed E-state index contributed by atoms with van der Waals surface area (Å²) in [6.45, 7) is 1.94. The van der Waals surface area contributed by atoms with Gasteiger partial charge in [0.1, 0.15) is 0 Å². The van der Waals surface area contributed by atoms with Gasteiger partial charge in [-0.05, 0) is 30.9 Å². The number of carbonyl (C=O) groups is 2. The number of rotatable bonds is 1. The average molecular weight is 255 g/mol. The van der Waals surface area contributed by atoms with Gasteiger partial charge in [0.2, 0.25) is 5.91 Å². The van der Waals surface area contributed by atoms with E-state index in [4.69, 9.17) is 0 Å². The molecule has 0 bridgehead atoms. The zero-order valence-electron chi connectivity index (χ0n) is 11.0. The van der Waals surface area contributed by atoms with Crippen molar-refractivity contribution in [1.29, 1.82) is 0 Å². The highest BCUT2D eigenvalue weighted by atomic mass is 16.2. The molecule has 0 unspecified atom stereocenters. The standard InChI is InChI=1S/C16H17NO2/c1-11-13-9-5-6-10-14(13)17(15(11)18)16(19)12-7-3-2-4-8-12/h2-4,6-8,10-11,13-14H,5,9H2,1H3/t11-,13+,14+/m0/s1. The third-order valence-corrected chi connectivity index (χ3v) is 4.25. The van der Waals surface area contributed by atoms with Crippen LogP contribution in [0.5, 0.6) is 0 Å². The lowest BCUT2D eigenvalue weighted by molar-refractivity contribution is -0.129. The lowest BCUT2D eigenvalue weighted by atomic mass is 9.84. The lowest BCUT2D eigenvalue weighted by Crippen LogP contribution is -2.40. The Balaban J connectivity index is 1.95. The van der Waals surface area contributed by atoms with E-state index >= 15 is 0 Å². The van der Waals surface area contributed by atoms with Crippen molar-refractivity contribution >= 4 is 11.8 Å². The number of hydrogen-bond acceptors (Lipinski definition) is 2. The topological polar surface area (TPSA) is 37.4 Å². The van der Waals surface area contributed by atoms with Crippen molar-refractivity contribution in [2.24, 2.45) is 11.8 Å². The summed E-state index contributed by atoms with van der Waals surface area (Å²) in [5, 5.41) is 0. The molecule has 1 heterocycles. The number of benzene rings is 1. The Morgan fingerprint density at radius 2 is 2.00 bits per heavy atom. The third kappa shape index (κ3) is 1.89. The van der Waals surface area contributed by atoms with Crippen LogP contribution in [0.1, 0.15) is 30.1 Å². The van der Waals surface area contributed by atoms with Gasteiger partial charge in [0.15, 0.2) is 0 Å². The maximum atomic E-state index is 12.5. The molecular formula is C16H17NO2. The molecule has 3 nitrogen and oxygen atoms in total. The highest BCUT2D eigenvalue weighted by Gasteiger charge is 2.47. The summed E-state index contributed by atoms with van der Waals surface area (Å²) in [6, 6.07) is 9.00. The second-order valence-electron chi connectivity index (χ2n) is 5.33. The molecule has 2 amide bonds. The quantitative estimate of drug-likeness (QED) is 0.571. The number of hydrogen-bond donors (Lipinski definition) is 0. The monoisotopic (exact) mass is 255 g/mol. The van der Waals surface area contributed by atoms with E-state index in [1.807, 2.05) is 31.2 Å². The highest BCUT2D eigenvalue weighted by molar-refractivity contribution is 6.07. The van der Waals surface area contributed by atoms with Gasteiger partial charge in [-0.25, -0.2) is 0 Å². The van der Waals surface area contributed by atoms with Gasteiger partial charge in [-0.2, -0.15) is 0 Å². The zero-order valence-corrected chi connectivity index (χ0v) is 11.0. The molecule has 1 aromatic rings.